The smallest absolute Gasteiger partial charge is 0.191 e. The molecule has 2 nitrogen and oxygen atoms in total. The lowest BCUT2D eigenvalue weighted by Crippen LogP contribution is -1.71. The van der Waals surface area contributed by atoms with Crippen LogP contribution in [0.3, 0.4) is 0 Å². The van der Waals surface area contributed by atoms with Crippen LogP contribution in [0.15, 0.2) is 11.7 Å². The third-order valence-electron chi connectivity index (χ3n) is 0.413. The Morgan fingerprint density at radius 2 is 1.50 bits per heavy atom. The molecule has 0 N–H and O–H groups in total. The van der Waals surface area contributed by atoms with Crippen LogP contribution < -0.4 is 0 Å². The molecule has 0 saturated carbocycles. The molecule has 0 bridgehead atoms. The summed E-state index contributed by atoms with van der Waals surface area (Å²) in [7, 11) is 0. The number of nitriles is 2. The van der Waals surface area contributed by atoms with Crippen LogP contribution in [0, 0.1) is 22.7 Å². The zero-order valence-corrected chi connectivity index (χ0v) is 3.65. The predicted molar refractivity (Wildman–Crippen MR) is 20.5 cm³/mol. The highest BCUT2D eigenvalue weighted by molar-refractivity contribution is 5.35. The monoisotopic (exact) mass is 114 g/mol. The van der Waals surface area contributed by atoms with Gasteiger partial charge in [-0.3, -0.25) is 0 Å². The van der Waals surface area contributed by atoms with Crippen molar-refractivity contribution in [2.75, 3.05) is 0 Å². The van der Waals surface area contributed by atoms with Crippen molar-refractivity contribution >= 4 is 0 Å². The fourth-order valence-corrected chi connectivity index (χ4v) is 0.110. The molecule has 0 aromatic rings. The van der Waals surface area contributed by atoms with Crippen molar-refractivity contribution in [1.82, 2.24) is 0 Å². The molecule has 0 aromatic carbocycles. The van der Waals surface area contributed by atoms with Gasteiger partial charge in [0.05, 0.1) is 0 Å². The summed E-state index contributed by atoms with van der Waals surface area (Å²) in [6, 6.07) is 2.04. The Labute approximate surface area is 44.3 Å². The van der Waals surface area contributed by atoms with Crippen molar-refractivity contribution in [2.45, 2.75) is 0 Å². The van der Waals surface area contributed by atoms with E-state index in [9.17, 15) is 8.78 Å². The highest BCUT2D eigenvalue weighted by Gasteiger charge is 2.00. The topological polar surface area (TPSA) is 47.6 Å². The molecule has 0 heterocycles. The number of hydrogen-bond donors (Lipinski definition) is 0. The van der Waals surface area contributed by atoms with Crippen molar-refractivity contribution in [2.24, 2.45) is 0 Å². The van der Waals surface area contributed by atoms with Crippen molar-refractivity contribution in [3.63, 3.8) is 0 Å². The van der Waals surface area contributed by atoms with Gasteiger partial charge >= 0.3 is 0 Å². The summed E-state index contributed by atoms with van der Waals surface area (Å²) in [6.07, 6.45) is -2.23. The summed E-state index contributed by atoms with van der Waals surface area (Å²) in [5.41, 5.74) is -1.12. The minimum atomic E-state index is -2.23. The lowest BCUT2D eigenvalue weighted by atomic mass is 10.4. The normalized spacial score (nSPS) is 6.50. The van der Waals surface area contributed by atoms with E-state index in [1.807, 2.05) is 0 Å². The Kier molecular flexibility index (Phi) is 2.22. The lowest BCUT2D eigenvalue weighted by Gasteiger charge is -1.72. The maximum absolute atomic E-state index is 11.1. The Balaban J connectivity index is 4.47. The van der Waals surface area contributed by atoms with Crippen LogP contribution in [0.25, 0.3) is 0 Å². The van der Waals surface area contributed by atoms with Crippen LogP contribution in [-0.4, -0.2) is 0 Å². The molecule has 0 spiro atoms. The maximum Gasteiger partial charge on any atom is 0.298 e. The van der Waals surface area contributed by atoms with Crippen LogP contribution in [0.1, 0.15) is 0 Å². The van der Waals surface area contributed by atoms with E-state index in [4.69, 9.17) is 10.5 Å². The Hall–Kier alpha value is -1.42. The molecule has 40 valence electrons. The number of hydrogen-bond acceptors (Lipinski definition) is 2. The number of nitrogens with zero attached hydrogens (tertiary/aromatic N) is 2. The highest BCUT2D eigenvalue weighted by atomic mass is 19.3. The Bertz CT molecular complexity index is 173. The molecule has 0 saturated heterocycles. The standard InChI is InChI=1S/C4F2N2/c5-4(6)3(1-7)2-8. The summed E-state index contributed by atoms with van der Waals surface area (Å²) in [5, 5.41) is 15.4. The van der Waals surface area contributed by atoms with Gasteiger partial charge in [0.15, 0.2) is 5.57 Å². The summed E-state index contributed by atoms with van der Waals surface area (Å²) in [5.74, 6) is 0. The van der Waals surface area contributed by atoms with Crippen molar-refractivity contribution in [1.29, 1.82) is 10.5 Å². The molecule has 8 heavy (non-hydrogen) atoms. The third kappa shape index (κ3) is 1.36. The van der Waals surface area contributed by atoms with Gasteiger partial charge in [-0.2, -0.15) is 19.3 Å². The molecule has 0 atom stereocenters. The van der Waals surface area contributed by atoms with Gasteiger partial charge in [-0.25, -0.2) is 0 Å². The quantitative estimate of drug-likeness (QED) is 0.444. The fourth-order valence-electron chi connectivity index (χ4n) is 0.110. The van der Waals surface area contributed by atoms with E-state index in [-0.39, 0.29) is 0 Å². The molecule has 4 heteroatoms. The van der Waals surface area contributed by atoms with Gasteiger partial charge < -0.3 is 0 Å². The predicted octanol–water partition coefficient (Wildman–Crippen LogP) is 1.18. The molecule has 0 radical (unpaired) electrons. The molecule has 0 unspecified atom stereocenters. The molecule has 0 rings (SSSR count). The van der Waals surface area contributed by atoms with E-state index < -0.39 is 11.7 Å². The minimum Gasteiger partial charge on any atom is -0.191 e. The number of halogens is 2. The van der Waals surface area contributed by atoms with E-state index >= 15 is 0 Å². The maximum atomic E-state index is 11.1. The highest BCUT2D eigenvalue weighted by Crippen LogP contribution is 2.03. The van der Waals surface area contributed by atoms with E-state index in [1.165, 1.54) is 0 Å². The van der Waals surface area contributed by atoms with E-state index in [2.05, 4.69) is 0 Å². The molecule has 0 aliphatic rings. The first-order valence-electron chi connectivity index (χ1n) is 1.58. The molecule has 0 fully saturated rings. The molecular weight excluding hydrogens is 114 g/mol. The van der Waals surface area contributed by atoms with Gasteiger partial charge in [0.1, 0.15) is 12.1 Å². The first-order valence-corrected chi connectivity index (χ1v) is 1.58. The first-order chi connectivity index (χ1) is 3.72. The second kappa shape index (κ2) is 2.70. The third-order valence-corrected chi connectivity index (χ3v) is 0.413. The van der Waals surface area contributed by atoms with Gasteiger partial charge in [-0.05, 0) is 0 Å². The van der Waals surface area contributed by atoms with Crippen molar-refractivity contribution < 1.29 is 8.78 Å². The van der Waals surface area contributed by atoms with Gasteiger partial charge in [-0.1, -0.05) is 0 Å². The SMILES string of the molecule is N#CC(C#N)=C(F)F. The average Bonchev–Trinajstić information content (AvgIpc) is 1.69. The summed E-state index contributed by atoms with van der Waals surface area (Å²) < 4.78 is 22.3. The van der Waals surface area contributed by atoms with E-state index in [0.29, 0.717) is 0 Å². The molecule has 0 aliphatic heterocycles. The van der Waals surface area contributed by atoms with E-state index in [0.717, 1.165) is 12.1 Å². The lowest BCUT2D eigenvalue weighted by molar-refractivity contribution is 0.418. The fraction of sp³-hybridized carbons (Fsp3) is 0. The molecule has 0 aliphatic carbocycles. The summed E-state index contributed by atoms with van der Waals surface area (Å²) in [6.45, 7) is 0. The largest absolute Gasteiger partial charge is 0.298 e. The van der Waals surface area contributed by atoms with Gasteiger partial charge in [0.25, 0.3) is 6.08 Å². The summed E-state index contributed by atoms with van der Waals surface area (Å²) in [4.78, 5) is 0. The van der Waals surface area contributed by atoms with Gasteiger partial charge in [-0.15, -0.1) is 0 Å². The second-order valence-corrected chi connectivity index (χ2v) is 0.859. The summed E-state index contributed by atoms with van der Waals surface area (Å²) >= 11 is 0. The van der Waals surface area contributed by atoms with Crippen LogP contribution in [0.4, 0.5) is 8.78 Å². The first kappa shape index (κ1) is 6.58. The second-order valence-electron chi connectivity index (χ2n) is 0.859. The Morgan fingerprint density at radius 3 is 1.50 bits per heavy atom. The van der Waals surface area contributed by atoms with Crippen LogP contribution in [0.2, 0.25) is 0 Å². The van der Waals surface area contributed by atoms with Crippen LogP contribution in [-0.2, 0) is 0 Å². The molecule has 0 amide bonds. The number of rotatable bonds is 0. The van der Waals surface area contributed by atoms with E-state index in [1.54, 1.807) is 0 Å². The van der Waals surface area contributed by atoms with Crippen molar-refractivity contribution in [3.05, 3.63) is 11.7 Å². The van der Waals surface area contributed by atoms with Crippen molar-refractivity contribution in [3.8, 4) is 12.1 Å². The van der Waals surface area contributed by atoms with Crippen LogP contribution >= 0.6 is 0 Å². The van der Waals surface area contributed by atoms with Gasteiger partial charge in [0, 0.05) is 0 Å². The molecule has 0 aromatic heterocycles. The zero-order chi connectivity index (χ0) is 6.57. The minimum absolute atomic E-state index is 1.02. The van der Waals surface area contributed by atoms with Crippen LogP contribution in [0.5, 0.6) is 0 Å². The Morgan fingerprint density at radius 1 is 1.12 bits per heavy atom. The molecular formula is C4F2N2. The van der Waals surface area contributed by atoms with Gasteiger partial charge in [0.2, 0.25) is 0 Å². The average molecular weight is 114 g/mol. The number of allylic oxidation sites excluding steroid dienone is 1. The zero-order valence-electron chi connectivity index (χ0n) is 3.65.